The lowest BCUT2D eigenvalue weighted by Crippen LogP contribution is -2.14. The predicted octanol–water partition coefficient (Wildman–Crippen LogP) is 3.70. The van der Waals surface area contributed by atoms with Crippen LogP contribution in [0.1, 0.15) is 30.5 Å². The molecule has 18 heavy (non-hydrogen) atoms. The van der Waals surface area contributed by atoms with E-state index in [0.29, 0.717) is 15.4 Å². The lowest BCUT2D eigenvalue weighted by Gasteiger charge is -2.08. The molecule has 0 aliphatic heterocycles. The standard InChI is InChI=1S/C14H13BrFNO/c15-10-6-9-13(7-11(10)16)17-12-5-3-1-2-4-8(12)14(9)18/h6-7H,1-5H2,(H,17,18). The number of benzene rings is 1. The molecule has 3 rings (SSSR count). The van der Waals surface area contributed by atoms with Gasteiger partial charge in [0.15, 0.2) is 5.43 Å². The van der Waals surface area contributed by atoms with Crippen LogP contribution in [0.3, 0.4) is 0 Å². The van der Waals surface area contributed by atoms with Crippen LogP contribution in [0, 0.1) is 5.82 Å². The van der Waals surface area contributed by atoms with Crippen LogP contribution in [0.25, 0.3) is 10.9 Å². The van der Waals surface area contributed by atoms with Crippen LogP contribution in [-0.4, -0.2) is 4.98 Å². The minimum atomic E-state index is -0.341. The maximum absolute atomic E-state index is 13.5. The molecule has 0 atom stereocenters. The number of fused-ring (bicyclic) bond motifs is 2. The third kappa shape index (κ3) is 1.88. The zero-order chi connectivity index (χ0) is 12.7. The van der Waals surface area contributed by atoms with Crippen molar-refractivity contribution in [2.45, 2.75) is 32.1 Å². The molecule has 1 aliphatic rings. The van der Waals surface area contributed by atoms with Gasteiger partial charge in [0.05, 0.1) is 9.99 Å². The fourth-order valence-corrected chi connectivity index (χ4v) is 2.98. The first-order chi connectivity index (χ1) is 8.66. The molecule has 2 nitrogen and oxygen atoms in total. The van der Waals surface area contributed by atoms with E-state index in [4.69, 9.17) is 0 Å². The molecular weight excluding hydrogens is 297 g/mol. The molecule has 0 bridgehead atoms. The average molecular weight is 310 g/mol. The first-order valence-electron chi connectivity index (χ1n) is 6.19. The Balaban J connectivity index is 2.35. The summed E-state index contributed by atoms with van der Waals surface area (Å²) in [5, 5.41) is 0.573. The number of halogens is 2. The highest BCUT2D eigenvalue weighted by atomic mass is 79.9. The Labute approximate surface area is 112 Å². The lowest BCUT2D eigenvalue weighted by molar-refractivity contribution is 0.622. The van der Waals surface area contributed by atoms with E-state index in [1.807, 2.05) is 0 Å². The third-order valence-corrected chi connectivity index (χ3v) is 4.19. The topological polar surface area (TPSA) is 32.9 Å². The summed E-state index contributed by atoms with van der Waals surface area (Å²) in [7, 11) is 0. The molecule has 1 aromatic carbocycles. The molecule has 0 radical (unpaired) electrons. The molecule has 0 saturated carbocycles. The van der Waals surface area contributed by atoms with Crippen molar-refractivity contribution in [1.29, 1.82) is 0 Å². The molecule has 1 N–H and O–H groups in total. The van der Waals surface area contributed by atoms with Crippen molar-refractivity contribution in [2.75, 3.05) is 0 Å². The van der Waals surface area contributed by atoms with E-state index in [9.17, 15) is 9.18 Å². The van der Waals surface area contributed by atoms with Crippen molar-refractivity contribution in [2.24, 2.45) is 0 Å². The second-order valence-electron chi connectivity index (χ2n) is 4.78. The lowest BCUT2D eigenvalue weighted by atomic mass is 10.0. The summed E-state index contributed by atoms with van der Waals surface area (Å²) in [5.74, 6) is -0.341. The fraction of sp³-hybridized carbons (Fsp3) is 0.357. The quantitative estimate of drug-likeness (QED) is 0.740. The van der Waals surface area contributed by atoms with Gasteiger partial charge in [0.2, 0.25) is 0 Å². The summed E-state index contributed by atoms with van der Waals surface area (Å²) in [6.07, 6.45) is 5.02. The van der Waals surface area contributed by atoms with Gasteiger partial charge in [-0.15, -0.1) is 0 Å². The highest BCUT2D eigenvalue weighted by Crippen LogP contribution is 2.23. The maximum atomic E-state index is 13.5. The van der Waals surface area contributed by atoms with E-state index in [2.05, 4.69) is 20.9 Å². The minimum absolute atomic E-state index is 0.0568. The number of H-pyrrole nitrogens is 1. The molecular formula is C14H13BrFNO. The summed E-state index contributed by atoms with van der Waals surface area (Å²) in [5.41, 5.74) is 2.54. The van der Waals surface area contributed by atoms with Gasteiger partial charge in [-0.25, -0.2) is 4.39 Å². The van der Waals surface area contributed by atoms with Gasteiger partial charge in [0.1, 0.15) is 5.82 Å². The Bertz CT molecular complexity index is 678. The fourth-order valence-electron chi connectivity index (χ4n) is 2.63. The Hall–Kier alpha value is -1.16. The smallest absolute Gasteiger partial charge is 0.192 e. The van der Waals surface area contributed by atoms with Gasteiger partial charge in [-0.2, -0.15) is 0 Å². The molecule has 0 amide bonds. The van der Waals surface area contributed by atoms with Gasteiger partial charge in [0.25, 0.3) is 0 Å². The van der Waals surface area contributed by atoms with E-state index in [0.717, 1.165) is 43.4 Å². The molecule has 1 heterocycles. The Kier molecular flexibility index (Phi) is 2.98. The second kappa shape index (κ2) is 4.50. The van der Waals surface area contributed by atoms with Crippen molar-refractivity contribution >= 4 is 26.8 Å². The normalized spacial score (nSPS) is 15.4. The molecule has 0 spiro atoms. The Morgan fingerprint density at radius 1 is 1.17 bits per heavy atom. The van der Waals surface area contributed by atoms with Gasteiger partial charge < -0.3 is 4.98 Å². The molecule has 4 heteroatoms. The van der Waals surface area contributed by atoms with E-state index in [1.54, 1.807) is 6.07 Å². The number of pyridine rings is 1. The maximum Gasteiger partial charge on any atom is 0.192 e. The summed E-state index contributed by atoms with van der Waals surface area (Å²) in [4.78, 5) is 15.7. The highest BCUT2D eigenvalue weighted by Gasteiger charge is 2.15. The average Bonchev–Trinajstić information content (AvgIpc) is 2.58. The number of aryl methyl sites for hydroxylation is 1. The zero-order valence-corrected chi connectivity index (χ0v) is 11.4. The Morgan fingerprint density at radius 3 is 2.78 bits per heavy atom. The molecule has 1 aromatic heterocycles. The van der Waals surface area contributed by atoms with E-state index in [1.165, 1.54) is 6.07 Å². The van der Waals surface area contributed by atoms with Gasteiger partial charge >= 0.3 is 0 Å². The predicted molar refractivity (Wildman–Crippen MR) is 73.5 cm³/mol. The van der Waals surface area contributed by atoms with Crippen molar-refractivity contribution in [1.82, 2.24) is 4.98 Å². The van der Waals surface area contributed by atoms with Crippen molar-refractivity contribution in [3.05, 3.63) is 43.9 Å². The summed E-state index contributed by atoms with van der Waals surface area (Å²) >= 11 is 3.13. The Morgan fingerprint density at radius 2 is 1.94 bits per heavy atom. The summed E-state index contributed by atoms with van der Waals surface area (Å²) in [6.45, 7) is 0. The van der Waals surface area contributed by atoms with Gasteiger partial charge in [0, 0.05) is 16.6 Å². The molecule has 94 valence electrons. The van der Waals surface area contributed by atoms with Crippen LogP contribution in [0.5, 0.6) is 0 Å². The molecule has 0 unspecified atom stereocenters. The van der Waals surface area contributed by atoms with Gasteiger partial charge in [-0.3, -0.25) is 4.79 Å². The monoisotopic (exact) mass is 309 g/mol. The number of nitrogens with one attached hydrogen (secondary N) is 1. The van der Waals surface area contributed by atoms with E-state index >= 15 is 0 Å². The van der Waals surface area contributed by atoms with Crippen LogP contribution in [0.2, 0.25) is 0 Å². The number of hydrogen-bond donors (Lipinski definition) is 1. The second-order valence-corrected chi connectivity index (χ2v) is 5.64. The number of hydrogen-bond acceptors (Lipinski definition) is 1. The molecule has 0 fully saturated rings. The van der Waals surface area contributed by atoms with Crippen molar-refractivity contribution in [3.8, 4) is 0 Å². The van der Waals surface area contributed by atoms with Crippen molar-refractivity contribution in [3.63, 3.8) is 0 Å². The number of aromatic nitrogens is 1. The summed E-state index contributed by atoms with van der Waals surface area (Å²) in [6, 6.07) is 2.97. The SMILES string of the molecule is O=c1c2c([nH]c3cc(F)c(Br)cc13)CCCCC2. The van der Waals surface area contributed by atoms with Gasteiger partial charge in [-0.1, -0.05) is 6.42 Å². The van der Waals surface area contributed by atoms with Crippen LogP contribution in [0.15, 0.2) is 21.4 Å². The first-order valence-corrected chi connectivity index (χ1v) is 6.99. The molecule has 0 saturated heterocycles. The van der Waals surface area contributed by atoms with Crippen LogP contribution in [0.4, 0.5) is 4.39 Å². The van der Waals surface area contributed by atoms with Crippen molar-refractivity contribution < 1.29 is 4.39 Å². The van der Waals surface area contributed by atoms with Crippen LogP contribution < -0.4 is 5.43 Å². The zero-order valence-electron chi connectivity index (χ0n) is 9.85. The third-order valence-electron chi connectivity index (χ3n) is 3.58. The van der Waals surface area contributed by atoms with Crippen LogP contribution in [-0.2, 0) is 12.8 Å². The largest absolute Gasteiger partial charge is 0.358 e. The van der Waals surface area contributed by atoms with E-state index in [-0.39, 0.29) is 11.2 Å². The molecule has 2 aromatic rings. The number of rotatable bonds is 0. The number of aromatic amines is 1. The summed E-state index contributed by atoms with van der Waals surface area (Å²) < 4.78 is 13.9. The molecule has 1 aliphatic carbocycles. The van der Waals surface area contributed by atoms with Crippen LogP contribution >= 0.6 is 15.9 Å². The first kappa shape index (κ1) is 11.9. The minimum Gasteiger partial charge on any atom is -0.358 e. The van der Waals surface area contributed by atoms with Gasteiger partial charge in [-0.05, 0) is 53.7 Å². The van der Waals surface area contributed by atoms with E-state index < -0.39 is 0 Å². The highest BCUT2D eigenvalue weighted by molar-refractivity contribution is 9.10.